The Kier molecular flexibility index (Phi) is 4.23. The molecule has 0 radical (unpaired) electrons. The van der Waals surface area contributed by atoms with Crippen molar-refractivity contribution in [3.63, 3.8) is 0 Å². The minimum absolute atomic E-state index is 0.0287. The van der Waals surface area contributed by atoms with Gasteiger partial charge in [-0.15, -0.1) is 0 Å². The molecule has 2 atom stereocenters. The fourth-order valence-electron chi connectivity index (χ4n) is 2.88. The van der Waals surface area contributed by atoms with Gasteiger partial charge in [0.15, 0.2) is 0 Å². The van der Waals surface area contributed by atoms with E-state index in [0.717, 1.165) is 13.2 Å². The Labute approximate surface area is 158 Å². The minimum atomic E-state index is -0.0518. The van der Waals surface area contributed by atoms with Crippen molar-refractivity contribution in [2.45, 2.75) is 52.8 Å². The number of hydrogen-bond donors (Lipinski definition) is 0. The van der Waals surface area contributed by atoms with Crippen molar-refractivity contribution in [1.82, 2.24) is 0 Å². The Morgan fingerprint density at radius 1 is 0.800 bits per heavy atom. The van der Waals surface area contributed by atoms with Gasteiger partial charge in [0, 0.05) is 15.2 Å². The number of ether oxygens (including phenoxy) is 2. The van der Waals surface area contributed by atoms with Gasteiger partial charge in [-0.25, -0.2) is 0 Å². The monoisotopic (exact) mass is 372 g/mol. The van der Waals surface area contributed by atoms with Crippen LogP contribution in [0.1, 0.15) is 38.8 Å². The van der Waals surface area contributed by atoms with Gasteiger partial charge >= 0.3 is 0 Å². The van der Waals surface area contributed by atoms with Crippen molar-refractivity contribution in [2.24, 2.45) is 0 Å². The van der Waals surface area contributed by atoms with Crippen LogP contribution in [-0.4, -0.2) is 23.1 Å². The molecular formula is C21H24O2S2. The second kappa shape index (κ2) is 6.05. The summed E-state index contributed by atoms with van der Waals surface area (Å²) in [6, 6.07) is 17.7. The summed E-state index contributed by atoms with van der Waals surface area (Å²) in [5.74, 6) is 0. The lowest BCUT2D eigenvalue weighted by molar-refractivity contribution is 0.401. The zero-order valence-corrected chi connectivity index (χ0v) is 16.8. The van der Waals surface area contributed by atoms with E-state index in [1.54, 1.807) is 0 Å². The fourth-order valence-corrected chi connectivity index (χ4v) is 4.90. The predicted molar refractivity (Wildman–Crippen MR) is 105 cm³/mol. The van der Waals surface area contributed by atoms with E-state index in [2.05, 4.69) is 76.2 Å². The Hall–Kier alpha value is -0.940. The number of rotatable bonds is 6. The maximum atomic E-state index is 5.53. The highest BCUT2D eigenvalue weighted by atomic mass is 32.2. The first-order valence-electron chi connectivity index (χ1n) is 8.65. The molecule has 0 bridgehead atoms. The van der Waals surface area contributed by atoms with Gasteiger partial charge in [-0.2, -0.15) is 0 Å². The molecule has 2 unspecified atom stereocenters. The standard InChI is InChI=1S/C21H24O2S2/c1-19(2,15-7-5-9-17(11-15)24-20(3)13-22-20)16-8-6-10-18(12-16)25-21(4)14-23-21/h5-12H,13-14H2,1-4H3. The quantitative estimate of drug-likeness (QED) is 0.608. The van der Waals surface area contributed by atoms with Gasteiger partial charge in [0.25, 0.3) is 0 Å². The zero-order chi connectivity index (χ0) is 17.7. The van der Waals surface area contributed by atoms with Crippen molar-refractivity contribution < 1.29 is 9.47 Å². The van der Waals surface area contributed by atoms with Crippen LogP contribution in [0.2, 0.25) is 0 Å². The number of epoxide rings is 2. The molecule has 0 N–H and O–H groups in total. The van der Waals surface area contributed by atoms with Gasteiger partial charge in [0.05, 0.1) is 13.2 Å². The molecule has 2 nitrogen and oxygen atoms in total. The van der Waals surface area contributed by atoms with E-state index in [0.29, 0.717) is 0 Å². The maximum Gasteiger partial charge on any atom is 0.138 e. The van der Waals surface area contributed by atoms with E-state index < -0.39 is 0 Å². The van der Waals surface area contributed by atoms with Crippen LogP contribution in [0.25, 0.3) is 0 Å². The van der Waals surface area contributed by atoms with Crippen LogP contribution in [0, 0.1) is 0 Å². The minimum Gasteiger partial charge on any atom is -0.358 e. The predicted octanol–water partition coefficient (Wildman–Crippen LogP) is 5.69. The first-order chi connectivity index (χ1) is 11.8. The smallest absolute Gasteiger partial charge is 0.138 e. The Morgan fingerprint density at radius 2 is 1.20 bits per heavy atom. The summed E-state index contributed by atoms with van der Waals surface area (Å²) in [5.41, 5.74) is 2.61. The van der Waals surface area contributed by atoms with Crippen molar-refractivity contribution in [3.8, 4) is 0 Å². The van der Waals surface area contributed by atoms with Crippen molar-refractivity contribution in [2.75, 3.05) is 13.2 Å². The molecule has 0 amide bonds. The molecule has 2 aromatic carbocycles. The zero-order valence-electron chi connectivity index (χ0n) is 15.2. The molecular weight excluding hydrogens is 348 g/mol. The SMILES string of the molecule is CC1(Sc2cccc(C(C)(C)c3cccc(SC4(C)CO4)c3)c2)CO1. The topological polar surface area (TPSA) is 25.1 Å². The lowest BCUT2D eigenvalue weighted by Gasteiger charge is -2.27. The highest BCUT2D eigenvalue weighted by Crippen LogP contribution is 2.46. The number of benzene rings is 2. The summed E-state index contributed by atoms with van der Waals surface area (Å²) in [4.78, 5) is 2.49. The summed E-state index contributed by atoms with van der Waals surface area (Å²) >= 11 is 3.63. The molecule has 0 saturated carbocycles. The van der Waals surface area contributed by atoms with Gasteiger partial charge < -0.3 is 9.47 Å². The highest BCUT2D eigenvalue weighted by Gasteiger charge is 2.41. The molecule has 0 aliphatic carbocycles. The van der Waals surface area contributed by atoms with Crippen LogP contribution >= 0.6 is 23.5 Å². The second-order valence-electron chi connectivity index (χ2n) is 7.73. The molecule has 2 fully saturated rings. The Morgan fingerprint density at radius 3 is 1.56 bits per heavy atom. The summed E-state index contributed by atoms with van der Waals surface area (Å²) < 4.78 is 11.1. The largest absolute Gasteiger partial charge is 0.358 e. The van der Waals surface area contributed by atoms with Gasteiger partial charge in [-0.1, -0.05) is 61.6 Å². The molecule has 2 saturated heterocycles. The number of thioether (sulfide) groups is 2. The molecule has 4 heteroatoms. The summed E-state index contributed by atoms with van der Waals surface area (Å²) in [7, 11) is 0. The Bertz CT molecular complexity index is 726. The van der Waals surface area contributed by atoms with E-state index in [-0.39, 0.29) is 15.3 Å². The summed E-state index contributed by atoms with van der Waals surface area (Å²) in [6.07, 6.45) is 0. The summed E-state index contributed by atoms with van der Waals surface area (Å²) in [5, 5.41) is 0. The highest BCUT2D eigenvalue weighted by molar-refractivity contribution is 8.01. The molecule has 2 heterocycles. The van der Waals surface area contributed by atoms with E-state index in [4.69, 9.17) is 9.47 Å². The molecule has 2 aromatic rings. The molecule has 0 spiro atoms. The van der Waals surface area contributed by atoms with E-state index in [1.807, 2.05) is 23.5 Å². The first kappa shape index (κ1) is 17.5. The van der Waals surface area contributed by atoms with Crippen molar-refractivity contribution in [3.05, 3.63) is 59.7 Å². The third kappa shape index (κ3) is 3.92. The van der Waals surface area contributed by atoms with E-state index >= 15 is 0 Å². The van der Waals surface area contributed by atoms with Crippen LogP contribution in [0.15, 0.2) is 58.3 Å². The average molecular weight is 373 g/mol. The van der Waals surface area contributed by atoms with Gasteiger partial charge in [0.2, 0.25) is 0 Å². The molecule has 132 valence electrons. The van der Waals surface area contributed by atoms with Crippen molar-refractivity contribution in [1.29, 1.82) is 0 Å². The van der Waals surface area contributed by atoms with Crippen LogP contribution in [-0.2, 0) is 14.9 Å². The van der Waals surface area contributed by atoms with Crippen LogP contribution in [0.5, 0.6) is 0 Å². The molecule has 4 rings (SSSR count). The van der Waals surface area contributed by atoms with Crippen molar-refractivity contribution >= 4 is 23.5 Å². The van der Waals surface area contributed by atoms with E-state index in [9.17, 15) is 0 Å². The molecule has 2 aliphatic rings. The molecule has 2 aliphatic heterocycles. The normalized spacial score (nSPS) is 28.0. The first-order valence-corrected chi connectivity index (χ1v) is 10.3. The fraction of sp³-hybridized carbons (Fsp3) is 0.429. The van der Waals surface area contributed by atoms with Crippen LogP contribution in [0.3, 0.4) is 0 Å². The molecule has 0 aromatic heterocycles. The maximum absolute atomic E-state index is 5.53. The van der Waals surface area contributed by atoms with E-state index in [1.165, 1.54) is 20.9 Å². The van der Waals surface area contributed by atoms with Crippen LogP contribution < -0.4 is 0 Å². The van der Waals surface area contributed by atoms with Gasteiger partial charge in [0.1, 0.15) is 9.87 Å². The average Bonchev–Trinajstić information content (AvgIpc) is 3.48. The molecule has 25 heavy (non-hydrogen) atoms. The third-order valence-corrected chi connectivity index (χ3v) is 7.19. The Balaban J connectivity index is 1.60. The van der Waals surface area contributed by atoms with Crippen LogP contribution in [0.4, 0.5) is 0 Å². The van der Waals surface area contributed by atoms with Gasteiger partial charge in [-0.05, 0) is 49.2 Å². The lowest BCUT2D eigenvalue weighted by Crippen LogP contribution is -2.19. The lowest BCUT2D eigenvalue weighted by atomic mass is 9.78. The second-order valence-corrected chi connectivity index (χ2v) is 10.8. The van der Waals surface area contributed by atoms with Gasteiger partial charge in [-0.3, -0.25) is 0 Å². The number of hydrogen-bond acceptors (Lipinski definition) is 4. The third-order valence-electron chi connectivity index (χ3n) is 4.88. The summed E-state index contributed by atoms with van der Waals surface area (Å²) in [6.45, 7) is 10.6.